The van der Waals surface area contributed by atoms with Crippen LogP contribution in [-0.4, -0.2) is 31.6 Å². The van der Waals surface area contributed by atoms with Gasteiger partial charge in [0.05, 0.1) is 11.2 Å². The Balaban J connectivity index is 1.65. The largest absolute Gasteiger partial charge is 0.427 e. The van der Waals surface area contributed by atoms with E-state index in [4.69, 9.17) is 12.5 Å². The minimum Gasteiger partial charge on any atom is -0.427 e. The van der Waals surface area contributed by atoms with Gasteiger partial charge in [-0.1, -0.05) is 229 Å². The molecular formula is C58H89B2O2. The van der Waals surface area contributed by atoms with Crippen LogP contribution in [0.3, 0.4) is 0 Å². The molecule has 0 unspecified atom stereocenters. The molecule has 0 saturated heterocycles. The van der Waals surface area contributed by atoms with Crippen LogP contribution in [0.1, 0.15) is 257 Å². The fourth-order valence-electron chi connectivity index (χ4n) is 11.1. The number of unbranched alkanes of at least 4 members (excludes halogenated alkanes) is 20. The third-order valence-corrected chi connectivity index (χ3v) is 15.7. The quantitative estimate of drug-likeness (QED) is 0.0501. The van der Waals surface area contributed by atoms with Crippen molar-refractivity contribution in [3.8, 4) is 22.3 Å². The normalized spacial score (nSPS) is 14.8. The van der Waals surface area contributed by atoms with Crippen LogP contribution in [0.15, 0.2) is 48.5 Å². The van der Waals surface area contributed by atoms with E-state index in [0.717, 1.165) is 10.9 Å². The zero-order valence-electron chi connectivity index (χ0n) is 41.4. The summed E-state index contributed by atoms with van der Waals surface area (Å²) < 4.78 is 6.45. The molecule has 3 radical (unpaired) electrons. The average Bonchev–Trinajstić information content (AvgIpc) is 3.66. The summed E-state index contributed by atoms with van der Waals surface area (Å²) in [7, 11) is 8.69. The van der Waals surface area contributed by atoms with E-state index in [9.17, 15) is 5.11 Å². The Kier molecular flexibility index (Phi) is 19.9. The third-order valence-electron chi connectivity index (χ3n) is 15.7. The molecule has 0 aromatic heterocycles. The first-order chi connectivity index (χ1) is 29.9. The highest BCUT2D eigenvalue weighted by atomic mass is 16.5. The predicted octanol–water partition coefficient (Wildman–Crippen LogP) is 15.8. The minimum atomic E-state index is -0.977. The van der Waals surface area contributed by atoms with Gasteiger partial charge in [-0.3, -0.25) is 0 Å². The van der Waals surface area contributed by atoms with Gasteiger partial charge in [0.1, 0.15) is 7.85 Å². The molecule has 0 amide bonds. The zero-order valence-corrected chi connectivity index (χ0v) is 41.4. The summed E-state index contributed by atoms with van der Waals surface area (Å²) in [6, 6.07) is 19.6. The lowest BCUT2D eigenvalue weighted by molar-refractivity contribution is -0.0893. The van der Waals surface area contributed by atoms with Crippen LogP contribution in [0, 0.1) is 0 Å². The van der Waals surface area contributed by atoms with E-state index in [0.29, 0.717) is 0 Å². The predicted molar refractivity (Wildman–Crippen MR) is 273 cm³/mol. The van der Waals surface area contributed by atoms with E-state index < -0.39 is 11.2 Å². The number of aliphatic hydroxyl groups is 1. The Morgan fingerprint density at radius 1 is 0.452 bits per heavy atom. The molecule has 0 heterocycles. The molecule has 5 rings (SSSR count). The van der Waals surface area contributed by atoms with Gasteiger partial charge >= 0.3 is 7.48 Å². The molecule has 2 nitrogen and oxygen atoms in total. The van der Waals surface area contributed by atoms with Crippen molar-refractivity contribution in [3.63, 3.8) is 0 Å². The number of rotatable bonds is 32. The van der Waals surface area contributed by atoms with Crippen LogP contribution in [0.5, 0.6) is 0 Å². The molecule has 339 valence electrons. The van der Waals surface area contributed by atoms with Crippen molar-refractivity contribution in [1.29, 1.82) is 0 Å². The Labute approximate surface area is 384 Å². The molecule has 3 aromatic rings. The molecule has 0 saturated carbocycles. The molecule has 0 spiro atoms. The highest BCUT2D eigenvalue weighted by Gasteiger charge is 2.48. The number of hydrogen-bond acceptors (Lipinski definition) is 2. The highest BCUT2D eigenvalue weighted by Crippen LogP contribution is 2.60. The van der Waals surface area contributed by atoms with Gasteiger partial charge in [-0.25, -0.2) is 0 Å². The molecule has 62 heavy (non-hydrogen) atoms. The minimum absolute atomic E-state index is 0.0151. The molecule has 0 fully saturated rings. The molecule has 0 bridgehead atoms. The smallest absolute Gasteiger partial charge is 0.330 e. The van der Waals surface area contributed by atoms with Crippen LogP contribution >= 0.6 is 0 Å². The Bertz CT molecular complexity index is 1770. The van der Waals surface area contributed by atoms with Crippen LogP contribution < -0.4 is 10.9 Å². The lowest BCUT2D eigenvalue weighted by Crippen LogP contribution is -2.49. The van der Waals surface area contributed by atoms with Crippen LogP contribution in [0.2, 0.25) is 0 Å². The van der Waals surface area contributed by atoms with Crippen molar-refractivity contribution >= 4 is 26.3 Å². The third kappa shape index (κ3) is 12.3. The monoisotopic (exact) mass is 840 g/mol. The second-order valence-corrected chi connectivity index (χ2v) is 21.1. The van der Waals surface area contributed by atoms with Gasteiger partial charge in [-0.05, 0) is 110 Å². The maximum absolute atomic E-state index is 11.0. The molecule has 0 atom stereocenters. The Hall–Kier alpha value is -2.29. The molecule has 3 aromatic carbocycles. The first kappa shape index (κ1) is 50.7. The SMILES string of the molecule is [B]c1ccc2c(c1)C(CCCCCCCC)(CCCCCCCC)c1cc3c(cc1-2)C(CCCCCCCC)(CCCCCCCC)c1cc([B]OC(C)(C)C(C)(C)O)ccc1-3. The molecule has 2 aliphatic carbocycles. The van der Waals surface area contributed by atoms with Gasteiger partial charge in [0.15, 0.2) is 0 Å². The van der Waals surface area contributed by atoms with Gasteiger partial charge in [-0.2, -0.15) is 0 Å². The van der Waals surface area contributed by atoms with Gasteiger partial charge in [0.2, 0.25) is 0 Å². The standard InChI is InChI=1S/C58H89B2O2/c1-9-13-17-21-25-29-37-57(38-30-26-22-18-14-10-2)51-41-45(59)33-35-47(51)49-43-54-50(44-53(49)57)48-36-34-46(60-62-56(7,8)55(5,6)61)42-52(48)58(54,39-31-27-23-19-15-11-3)40-32-28-24-20-16-12-4/h33-36,41-44,61H,9-32,37-40H2,1-8H3. The van der Waals surface area contributed by atoms with Gasteiger partial charge < -0.3 is 9.76 Å². The lowest BCUT2D eigenvalue weighted by atomic mass is 9.68. The zero-order chi connectivity index (χ0) is 44.6. The summed E-state index contributed by atoms with van der Waals surface area (Å²) in [5, 5.41) is 11.0. The van der Waals surface area contributed by atoms with Crippen LogP contribution in [-0.2, 0) is 15.5 Å². The fourth-order valence-corrected chi connectivity index (χ4v) is 11.1. The second-order valence-electron chi connectivity index (χ2n) is 21.1. The molecule has 4 heteroatoms. The van der Waals surface area contributed by atoms with E-state index in [2.05, 4.69) is 76.2 Å². The molecule has 0 aliphatic heterocycles. The Morgan fingerprint density at radius 2 is 0.790 bits per heavy atom. The summed E-state index contributed by atoms with van der Waals surface area (Å²) >= 11 is 0. The summed E-state index contributed by atoms with van der Waals surface area (Å²) in [5.41, 5.74) is 12.2. The fraction of sp³-hybridized carbons (Fsp3) is 0.690. The average molecular weight is 840 g/mol. The lowest BCUT2D eigenvalue weighted by Gasteiger charge is -2.37. The second kappa shape index (κ2) is 24.3. The van der Waals surface area contributed by atoms with Crippen molar-refractivity contribution in [2.24, 2.45) is 0 Å². The molecule has 2 aliphatic rings. The molecule has 1 N–H and O–H groups in total. The number of benzene rings is 3. The highest BCUT2D eigenvalue weighted by molar-refractivity contribution is 6.47. The Morgan fingerprint density at radius 3 is 1.18 bits per heavy atom. The maximum Gasteiger partial charge on any atom is 0.330 e. The van der Waals surface area contributed by atoms with Crippen molar-refractivity contribution in [2.45, 2.75) is 257 Å². The van der Waals surface area contributed by atoms with Gasteiger partial charge in [0, 0.05) is 10.8 Å². The summed E-state index contributed by atoms with van der Waals surface area (Å²) in [5.74, 6) is 0. The van der Waals surface area contributed by atoms with Crippen LogP contribution in [0.4, 0.5) is 0 Å². The first-order valence-corrected chi connectivity index (χ1v) is 26.4. The molecular weight excluding hydrogens is 750 g/mol. The van der Waals surface area contributed by atoms with Gasteiger partial charge in [-0.15, -0.1) is 0 Å². The van der Waals surface area contributed by atoms with Crippen molar-refractivity contribution in [1.82, 2.24) is 0 Å². The number of fused-ring (bicyclic) bond motifs is 6. The van der Waals surface area contributed by atoms with E-state index in [1.807, 2.05) is 35.2 Å². The van der Waals surface area contributed by atoms with Gasteiger partial charge in [0.25, 0.3) is 0 Å². The van der Waals surface area contributed by atoms with Crippen molar-refractivity contribution in [3.05, 3.63) is 70.8 Å². The summed E-state index contributed by atoms with van der Waals surface area (Å²) in [4.78, 5) is 0. The van der Waals surface area contributed by atoms with E-state index in [1.165, 1.54) is 213 Å². The summed E-state index contributed by atoms with van der Waals surface area (Å²) in [6.45, 7) is 17.0. The first-order valence-electron chi connectivity index (χ1n) is 26.4. The van der Waals surface area contributed by atoms with E-state index >= 15 is 0 Å². The summed E-state index contributed by atoms with van der Waals surface area (Å²) in [6.07, 6.45) is 36.2. The number of hydrogen-bond donors (Lipinski definition) is 1. The maximum atomic E-state index is 11.0. The van der Waals surface area contributed by atoms with Crippen molar-refractivity contribution in [2.75, 3.05) is 0 Å². The van der Waals surface area contributed by atoms with E-state index in [1.54, 1.807) is 11.1 Å². The van der Waals surface area contributed by atoms with Crippen LogP contribution in [0.25, 0.3) is 22.3 Å². The van der Waals surface area contributed by atoms with E-state index in [-0.39, 0.29) is 10.8 Å². The topological polar surface area (TPSA) is 29.5 Å². The van der Waals surface area contributed by atoms with Crippen molar-refractivity contribution < 1.29 is 9.76 Å².